The first-order valence-electron chi connectivity index (χ1n) is 7.61. The summed E-state index contributed by atoms with van der Waals surface area (Å²) >= 11 is 0. The first-order chi connectivity index (χ1) is 11.7. The van der Waals surface area contributed by atoms with E-state index in [0.29, 0.717) is 23.6 Å². The van der Waals surface area contributed by atoms with E-state index < -0.39 is 7.12 Å². The summed E-state index contributed by atoms with van der Waals surface area (Å²) in [6, 6.07) is 23.9. The maximum atomic E-state index is 9.19. The number of hydrogen-bond acceptors (Lipinski definition) is 4. The summed E-state index contributed by atoms with van der Waals surface area (Å²) < 4.78 is 11.4. The smallest absolute Gasteiger partial charge is 0.488 e. The molecule has 0 unspecified atom stereocenters. The Morgan fingerprint density at radius 1 is 0.708 bits per heavy atom. The van der Waals surface area contributed by atoms with Crippen LogP contribution in [0.1, 0.15) is 5.56 Å². The Morgan fingerprint density at radius 2 is 1.42 bits per heavy atom. The van der Waals surface area contributed by atoms with Gasteiger partial charge in [-0.25, -0.2) is 0 Å². The molecule has 120 valence electrons. The van der Waals surface area contributed by atoms with Gasteiger partial charge < -0.3 is 19.5 Å². The van der Waals surface area contributed by atoms with Gasteiger partial charge in [-0.3, -0.25) is 0 Å². The van der Waals surface area contributed by atoms with Crippen molar-refractivity contribution < 1.29 is 19.5 Å². The predicted octanol–water partition coefficient (Wildman–Crippen LogP) is 2.74. The number of rotatable bonds is 6. The van der Waals surface area contributed by atoms with E-state index >= 15 is 0 Å². The van der Waals surface area contributed by atoms with Crippen LogP contribution in [-0.2, 0) is 6.61 Å². The molecule has 0 aliphatic carbocycles. The van der Waals surface area contributed by atoms with Gasteiger partial charge in [0, 0.05) is 0 Å². The second-order valence-corrected chi connectivity index (χ2v) is 5.29. The highest BCUT2D eigenvalue weighted by Gasteiger charge is 2.11. The molecule has 2 N–H and O–H groups in total. The van der Waals surface area contributed by atoms with Crippen molar-refractivity contribution in [3.63, 3.8) is 0 Å². The predicted molar refractivity (Wildman–Crippen MR) is 93.6 cm³/mol. The van der Waals surface area contributed by atoms with E-state index in [4.69, 9.17) is 9.47 Å². The van der Waals surface area contributed by atoms with E-state index in [1.54, 1.807) is 24.3 Å². The third-order valence-electron chi connectivity index (χ3n) is 3.46. The molecule has 0 radical (unpaired) electrons. The Balaban J connectivity index is 1.61. The van der Waals surface area contributed by atoms with E-state index in [-0.39, 0.29) is 0 Å². The topological polar surface area (TPSA) is 58.9 Å². The molecule has 0 bridgehead atoms. The van der Waals surface area contributed by atoms with Crippen LogP contribution >= 0.6 is 0 Å². The lowest BCUT2D eigenvalue weighted by Crippen LogP contribution is -2.29. The lowest BCUT2D eigenvalue weighted by Gasteiger charge is -2.09. The molecule has 0 spiro atoms. The summed E-state index contributed by atoms with van der Waals surface area (Å²) in [6.45, 7) is 0.511. The highest BCUT2D eigenvalue weighted by atomic mass is 16.5. The molecule has 0 amide bonds. The van der Waals surface area contributed by atoms with Crippen molar-refractivity contribution in [2.24, 2.45) is 0 Å². The fraction of sp³-hybridized carbons (Fsp3) is 0.0526. The van der Waals surface area contributed by atoms with Gasteiger partial charge in [0.05, 0.1) is 0 Å². The molecule has 0 saturated heterocycles. The standard InChI is InChI=1S/C19H17BO4/c21-20(22)16-7-4-8-19(13-16)24-18-11-9-17(10-12-18)23-14-15-5-2-1-3-6-15/h1-13,21-22H,14H2. The number of hydrogen-bond donors (Lipinski definition) is 2. The molecule has 0 aliphatic heterocycles. The molecule has 3 rings (SSSR count). The maximum absolute atomic E-state index is 9.19. The van der Waals surface area contributed by atoms with Gasteiger partial charge in [-0.15, -0.1) is 0 Å². The fourth-order valence-electron chi connectivity index (χ4n) is 2.22. The van der Waals surface area contributed by atoms with Gasteiger partial charge >= 0.3 is 7.12 Å². The summed E-state index contributed by atoms with van der Waals surface area (Å²) in [5.41, 5.74) is 1.49. The molecule has 3 aromatic carbocycles. The quantitative estimate of drug-likeness (QED) is 0.686. The molecule has 3 aromatic rings. The Hall–Kier alpha value is -2.76. The fourth-order valence-corrected chi connectivity index (χ4v) is 2.22. The second-order valence-electron chi connectivity index (χ2n) is 5.29. The highest BCUT2D eigenvalue weighted by molar-refractivity contribution is 6.58. The van der Waals surface area contributed by atoms with Crippen molar-refractivity contribution in [1.29, 1.82) is 0 Å². The monoisotopic (exact) mass is 320 g/mol. The van der Waals surface area contributed by atoms with Crippen molar-refractivity contribution in [2.45, 2.75) is 6.61 Å². The van der Waals surface area contributed by atoms with Crippen LogP contribution in [-0.4, -0.2) is 17.2 Å². The van der Waals surface area contributed by atoms with Crippen LogP contribution in [0.2, 0.25) is 0 Å². The summed E-state index contributed by atoms with van der Waals surface area (Å²) in [7, 11) is -1.51. The molecule has 24 heavy (non-hydrogen) atoms. The van der Waals surface area contributed by atoms with Crippen molar-refractivity contribution in [3.8, 4) is 17.2 Å². The van der Waals surface area contributed by atoms with Crippen molar-refractivity contribution in [1.82, 2.24) is 0 Å². The minimum absolute atomic E-state index is 0.385. The number of benzene rings is 3. The Morgan fingerprint density at radius 3 is 2.12 bits per heavy atom. The first kappa shape index (κ1) is 16.1. The van der Waals surface area contributed by atoms with E-state index in [1.807, 2.05) is 54.6 Å². The van der Waals surface area contributed by atoms with Crippen LogP contribution in [0.15, 0.2) is 78.9 Å². The van der Waals surface area contributed by atoms with Crippen LogP contribution < -0.4 is 14.9 Å². The summed E-state index contributed by atoms with van der Waals surface area (Å²) in [6.07, 6.45) is 0. The first-order valence-corrected chi connectivity index (χ1v) is 7.61. The molecule has 0 fully saturated rings. The lowest BCUT2D eigenvalue weighted by atomic mass is 9.80. The molecule has 0 heterocycles. The van der Waals surface area contributed by atoms with E-state index in [9.17, 15) is 10.0 Å². The van der Waals surface area contributed by atoms with Crippen LogP contribution in [0, 0.1) is 0 Å². The Kier molecular flexibility index (Phi) is 5.16. The minimum Gasteiger partial charge on any atom is -0.489 e. The van der Waals surface area contributed by atoms with Crippen molar-refractivity contribution in [2.75, 3.05) is 0 Å². The molecule has 4 nitrogen and oxygen atoms in total. The van der Waals surface area contributed by atoms with Gasteiger partial charge in [0.25, 0.3) is 0 Å². The molecule has 0 atom stereocenters. The van der Waals surface area contributed by atoms with E-state index in [1.165, 1.54) is 0 Å². The molecular weight excluding hydrogens is 303 g/mol. The van der Waals surface area contributed by atoms with Gasteiger partial charge in [-0.1, -0.05) is 42.5 Å². The SMILES string of the molecule is OB(O)c1cccc(Oc2ccc(OCc3ccccc3)cc2)c1. The van der Waals surface area contributed by atoms with E-state index in [2.05, 4.69) is 0 Å². The van der Waals surface area contributed by atoms with Gasteiger partial charge in [0.15, 0.2) is 0 Å². The van der Waals surface area contributed by atoms with Crippen LogP contribution in [0.5, 0.6) is 17.2 Å². The molecule has 0 saturated carbocycles. The maximum Gasteiger partial charge on any atom is 0.488 e. The largest absolute Gasteiger partial charge is 0.489 e. The third kappa shape index (κ3) is 4.38. The molecular formula is C19H17BO4. The zero-order valence-corrected chi connectivity index (χ0v) is 13.0. The van der Waals surface area contributed by atoms with Gasteiger partial charge in [0.1, 0.15) is 23.9 Å². The van der Waals surface area contributed by atoms with Crippen molar-refractivity contribution in [3.05, 3.63) is 84.4 Å². The lowest BCUT2D eigenvalue weighted by molar-refractivity contribution is 0.306. The van der Waals surface area contributed by atoms with Crippen LogP contribution in [0.4, 0.5) is 0 Å². The van der Waals surface area contributed by atoms with E-state index in [0.717, 1.165) is 11.3 Å². The zero-order valence-electron chi connectivity index (χ0n) is 13.0. The van der Waals surface area contributed by atoms with Crippen LogP contribution in [0.3, 0.4) is 0 Å². The van der Waals surface area contributed by atoms with Crippen LogP contribution in [0.25, 0.3) is 0 Å². The minimum atomic E-state index is -1.51. The Bertz CT molecular complexity index is 773. The second kappa shape index (κ2) is 7.68. The van der Waals surface area contributed by atoms with Gasteiger partial charge in [0.2, 0.25) is 0 Å². The number of ether oxygens (including phenoxy) is 2. The summed E-state index contributed by atoms with van der Waals surface area (Å²) in [4.78, 5) is 0. The Labute approximate surface area is 141 Å². The molecule has 0 aliphatic rings. The third-order valence-corrected chi connectivity index (χ3v) is 3.46. The zero-order chi connectivity index (χ0) is 16.8. The van der Waals surface area contributed by atoms with Gasteiger partial charge in [-0.05, 0) is 47.4 Å². The summed E-state index contributed by atoms with van der Waals surface area (Å²) in [5.74, 6) is 1.94. The molecule has 5 heteroatoms. The molecule has 0 aromatic heterocycles. The normalized spacial score (nSPS) is 10.2. The average molecular weight is 320 g/mol. The van der Waals surface area contributed by atoms with Crippen molar-refractivity contribution >= 4 is 12.6 Å². The average Bonchev–Trinajstić information content (AvgIpc) is 2.62. The highest BCUT2D eigenvalue weighted by Crippen LogP contribution is 2.23. The van der Waals surface area contributed by atoms with Gasteiger partial charge in [-0.2, -0.15) is 0 Å². The summed E-state index contributed by atoms with van der Waals surface area (Å²) in [5, 5.41) is 18.4.